The van der Waals surface area contributed by atoms with Gasteiger partial charge in [-0.25, -0.2) is 17.9 Å². The lowest BCUT2D eigenvalue weighted by Gasteiger charge is -2.13. The Bertz CT molecular complexity index is 625. The van der Waals surface area contributed by atoms with Crippen LogP contribution < -0.4 is 4.72 Å². The number of hydrogen-bond donors (Lipinski definition) is 2. The van der Waals surface area contributed by atoms with Gasteiger partial charge < -0.3 is 9.84 Å². The maximum absolute atomic E-state index is 11.9. The first-order valence-electron chi connectivity index (χ1n) is 6.19. The van der Waals surface area contributed by atoms with Crippen LogP contribution >= 0.6 is 0 Å². The van der Waals surface area contributed by atoms with Crippen LogP contribution in [0.1, 0.15) is 29.3 Å². The lowest BCUT2D eigenvalue weighted by molar-refractivity contribution is -0.139. The summed E-state index contributed by atoms with van der Waals surface area (Å²) in [6.07, 6.45) is 0.136. The second kappa shape index (κ2) is 7.19. The van der Waals surface area contributed by atoms with E-state index in [2.05, 4.69) is 9.46 Å². The smallest absolute Gasteiger partial charge is 0.337 e. The molecule has 2 N–H and O–H groups in total. The van der Waals surface area contributed by atoms with E-state index in [1.807, 2.05) is 0 Å². The molecule has 0 radical (unpaired) electrons. The van der Waals surface area contributed by atoms with Crippen molar-refractivity contribution >= 4 is 22.0 Å². The van der Waals surface area contributed by atoms with Crippen molar-refractivity contribution in [1.82, 2.24) is 4.72 Å². The van der Waals surface area contributed by atoms with Gasteiger partial charge in [0.15, 0.2) is 0 Å². The van der Waals surface area contributed by atoms with Crippen LogP contribution in [-0.2, 0) is 25.3 Å². The van der Waals surface area contributed by atoms with Crippen molar-refractivity contribution in [2.75, 3.05) is 7.11 Å². The molecule has 0 spiro atoms. The highest BCUT2D eigenvalue weighted by Crippen LogP contribution is 2.10. The Kier molecular flexibility index (Phi) is 5.86. The number of esters is 1. The third kappa shape index (κ3) is 5.16. The zero-order valence-corrected chi connectivity index (χ0v) is 12.5. The molecule has 21 heavy (non-hydrogen) atoms. The van der Waals surface area contributed by atoms with E-state index in [0.29, 0.717) is 5.56 Å². The van der Waals surface area contributed by atoms with Crippen LogP contribution in [0, 0.1) is 0 Å². The Hall–Kier alpha value is -1.93. The third-order valence-electron chi connectivity index (χ3n) is 2.73. The SMILES string of the molecule is CCC(NS(=O)(=O)Cc1cccc(C(=O)OC)c1)C(=O)O. The van der Waals surface area contributed by atoms with Crippen LogP contribution in [0.15, 0.2) is 24.3 Å². The molecule has 7 nitrogen and oxygen atoms in total. The summed E-state index contributed by atoms with van der Waals surface area (Å²) in [4.78, 5) is 22.2. The number of benzene rings is 1. The molecular weight excluding hydrogens is 298 g/mol. The van der Waals surface area contributed by atoms with Crippen LogP contribution in [0.5, 0.6) is 0 Å². The van der Waals surface area contributed by atoms with Crippen molar-refractivity contribution in [2.24, 2.45) is 0 Å². The number of carboxylic acids is 1. The molecule has 1 unspecified atom stereocenters. The lowest BCUT2D eigenvalue weighted by atomic mass is 10.1. The highest BCUT2D eigenvalue weighted by atomic mass is 32.2. The fourth-order valence-corrected chi connectivity index (χ4v) is 3.09. The Labute approximate surface area is 123 Å². The van der Waals surface area contributed by atoms with Gasteiger partial charge in [0, 0.05) is 0 Å². The Balaban J connectivity index is 2.89. The zero-order valence-electron chi connectivity index (χ0n) is 11.7. The normalized spacial score (nSPS) is 12.7. The van der Waals surface area contributed by atoms with E-state index in [9.17, 15) is 18.0 Å². The third-order valence-corrected chi connectivity index (χ3v) is 4.09. The minimum absolute atomic E-state index is 0.136. The maximum Gasteiger partial charge on any atom is 0.337 e. The number of carbonyl (C=O) groups excluding carboxylic acids is 1. The molecule has 0 amide bonds. The van der Waals surface area contributed by atoms with Gasteiger partial charge in [0.2, 0.25) is 10.0 Å². The van der Waals surface area contributed by atoms with Crippen molar-refractivity contribution < 1.29 is 27.9 Å². The number of nitrogens with one attached hydrogen (secondary N) is 1. The highest BCUT2D eigenvalue weighted by Gasteiger charge is 2.22. The number of aliphatic carboxylic acids is 1. The van der Waals surface area contributed by atoms with E-state index in [-0.39, 0.29) is 12.0 Å². The van der Waals surface area contributed by atoms with Gasteiger partial charge in [-0.2, -0.15) is 0 Å². The van der Waals surface area contributed by atoms with Crippen molar-refractivity contribution in [3.63, 3.8) is 0 Å². The second-order valence-electron chi connectivity index (χ2n) is 4.37. The molecule has 8 heteroatoms. The summed E-state index contributed by atoms with van der Waals surface area (Å²) >= 11 is 0. The van der Waals surface area contributed by atoms with E-state index in [4.69, 9.17) is 5.11 Å². The molecule has 1 aromatic carbocycles. The van der Waals surface area contributed by atoms with Gasteiger partial charge in [-0.1, -0.05) is 19.1 Å². The molecule has 116 valence electrons. The van der Waals surface area contributed by atoms with E-state index >= 15 is 0 Å². The molecule has 0 heterocycles. The molecule has 0 aliphatic rings. The minimum Gasteiger partial charge on any atom is -0.480 e. The molecule has 0 bridgehead atoms. The van der Waals surface area contributed by atoms with Gasteiger partial charge in [-0.3, -0.25) is 4.79 Å². The predicted octanol–water partition coefficient (Wildman–Crippen LogP) is 0.756. The Morgan fingerprint density at radius 2 is 2.05 bits per heavy atom. The standard InChI is InChI=1S/C13H17NO6S/c1-3-11(12(15)16)14-21(18,19)8-9-5-4-6-10(7-9)13(17)20-2/h4-7,11,14H,3,8H2,1-2H3,(H,15,16). The summed E-state index contributed by atoms with van der Waals surface area (Å²) in [5, 5.41) is 8.86. The van der Waals surface area contributed by atoms with Gasteiger partial charge in [-0.15, -0.1) is 0 Å². The summed E-state index contributed by atoms with van der Waals surface area (Å²) < 4.78 is 30.5. The van der Waals surface area contributed by atoms with Crippen LogP contribution in [0.25, 0.3) is 0 Å². The lowest BCUT2D eigenvalue weighted by Crippen LogP contribution is -2.40. The first kappa shape index (κ1) is 17.1. The van der Waals surface area contributed by atoms with E-state index in [1.54, 1.807) is 6.92 Å². The van der Waals surface area contributed by atoms with Crippen LogP contribution in [0.3, 0.4) is 0 Å². The zero-order chi connectivity index (χ0) is 16.0. The van der Waals surface area contributed by atoms with Crippen molar-refractivity contribution in [1.29, 1.82) is 0 Å². The first-order chi connectivity index (χ1) is 9.79. The fraction of sp³-hybridized carbons (Fsp3) is 0.385. The van der Waals surface area contributed by atoms with Gasteiger partial charge in [0.25, 0.3) is 0 Å². The van der Waals surface area contributed by atoms with E-state index in [0.717, 1.165) is 0 Å². The highest BCUT2D eigenvalue weighted by molar-refractivity contribution is 7.88. The number of methoxy groups -OCH3 is 1. The summed E-state index contributed by atoms with van der Waals surface area (Å²) in [6.45, 7) is 1.57. The monoisotopic (exact) mass is 315 g/mol. The Morgan fingerprint density at radius 3 is 2.57 bits per heavy atom. The largest absolute Gasteiger partial charge is 0.480 e. The fourth-order valence-electron chi connectivity index (χ4n) is 1.69. The van der Waals surface area contributed by atoms with E-state index in [1.165, 1.54) is 31.4 Å². The number of carboxylic acid groups (broad SMARTS) is 1. The number of ether oxygens (including phenoxy) is 1. The molecule has 1 aromatic rings. The number of sulfonamides is 1. The number of hydrogen-bond acceptors (Lipinski definition) is 5. The molecule has 1 atom stereocenters. The summed E-state index contributed by atoms with van der Waals surface area (Å²) in [6, 6.07) is 4.80. The second-order valence-corrected chi connectivity index (χ2v) is 6.12. The molecule has 0 saturated carbocycles. The van der Waals surface area contributed by atoms with Gasteiger partial charge >= 0.3 is 11.9 Å². The van der Waals surface area contributed by atoms with Crippen molar-refractivity contribution in [2.45, 2.75) is 25.1 Å². The first-order valence-corrected chi connectivity index (χ1v) is 7.84. The Morgan fingerprint density at radius 1 is 1.38 bits per heavy atom. The molecule has 1 rings (SSSR count). The topological polar surface area (TPSA) is 110 Å². The molecule has 0 fully saturated rings. The van der Waals surface area contributed by atoms with E-state index < -0.39 is 33.8 Å². The molecule has 0 aliphatic heterocycles. The van der Waals surface area contributed by atoms with Gasteiger partial charge in [0.05, 0.1) is 18.4 Å². The number of carbonyl (C=O) groups is 2. The molecular formula is C13H17NO6S. The number of rotatable bonds is 7. The van der Waals surface area contributed by atoms with Crippen LogP contribution in [0.2, 0.25) is 0 Å². The van der Waals surface area contributed by atoms with Crippen molar-refractivity contribution in [3.05, 3.63) is 35.4 Å². The average Bonchev–Trinajstić information content (AvgIpc) is 2.43. The average molecular weight is 315 g/mol. The van der Waals surface area contributed by atoms with Crippen molar-refractivity contribution in [3.8, 4) is 0 Å². The minimum atomic E-state index is -3.82. The summed E-state index contributed by atoms with van der Waals surface area (Å²) in [7, 11) is -2.59. The maximum atomic E-state index is 11.9. The summed E-state index contributed by atoms with van der Waals surface area (Å²) in [5.41, 5.74) is 0.598. The molecule has 0 saturated heterocycles. The van der Waals surface area contributed by atoms with Gasteiger partial charge in [-0.05, 0) is 24.1 Å². The molecule has 0 aliphatic carbocycles. The summed E-state index contributed by atoms with van der Waals surface area (Å²) in [5.74, 6) is -2.22. The molecule has 0 aromatic heterocycles. The van der Waals surface area contributed by atoms with Crippen LogP contribution in [-0.4, -0.2) is 38.6 Å². The predicted molar refractivity (Wildman–Crippen MR) is 75.3 cm³/mol. The quantitative estimate of drug-likeness (QED) is 0.719. The van der Waals surface area contributed by atoms with Gasteiger partial charge in [0.1, 0.15) is 6.04 Å². The van der Waals surface area contributed by atoms with Crippen LogP contribution in [0.4, 0.5) is 0 Å².